The van der Waals surface area contributed by atoms with Gasteiger partial charge in [0.1, 0.15) is 6.54 Å². The zero-order valence-electron chi connectivity index (χ0n) is 15.0. The number of ether oxygens (including phenoxy) is 1. The number of alkyl halides is 3. The summed E-state index contributed by atoms with van der Waals surface area (Å²) in [5.74, 6) is -1.07. The van der Waals surface area contributed by atoms with Gasteiger partial charge in [0.2, 0.25) is 5.91 Å². The monoisotopic (exact) mass is 379 g/mol. The molecule has 0 N–H and O–H groups in total. The third-order valence-corrected chi connectivity index (χ3v) is 3.91. The largest absolute Gasteiger partial charge is 0.465 e. The zero-order chi connectivity index (χ0) is 20.0. The van der Waals surface area contributed by atoms with Crippen LogP contribution in [0.1, 0.15) is 23.6 Å². The number of esters is 1. The zero-order valence-corrected chi connectivity index (χ0v) is 15.0. The fourth-order valence-corrected chi connectivity index (χ4v) is 2.64. The van der Waals surface area contributed by atoms with Gasteiger partial charge in [0.15, 0.2) is 0 Å². The van der Waals surface area contributed by atoms with Crippen LogP contribution in [0.15, 0.2) is 48.5 Å². The van der Waals surface area contributed by atoms with E-state index in [2.05, 4.69) is 0 Å². The Hall–Kier alpha value is -2.83. The van der Waals surface area contributed by atoms with Crippen LogP contribution in [0.25, 0.3) is 0 Å². The highest BCUT2D eigenvalue weighted by atomic mass is 19.4. The van der Waals surface area contributed by atoms with E-state index in [-0.39, 0.29) is 25.1 Å². The summed E-state index contributed by atoms with van der Waals surface area (Å²) in [5.41, 5.74) is 0.680. The van der Waals surface area contributed by atoms with Gasteiger partial charge >= 0.3 is 12.1 Å². The van der Waals surface area contributed by atoms with Gasteiger partial charge in [0, 0.05) is 5.69 Å². The minimum atomic E-state index is -4.49. The average Bonchev–Trinajstić information content (AvgIpc) is 2.60. The molecule has 0 spiro atoms. The van der Waals surface area contributed by atoms with Crippen LogP contribution < -0.4 is 4.90 Å². The Morgan fingerprint density at radius 1 is 1.07 bits per heavy atom. The van der Waals surface area contributed by atoms with Crippen molar-refractivity contribution in [2.45, 2.75) is 26.4 Å². The summed E-state index contributed by atoms with van der Waals surface area (Å²) in [6, 6.07) is 11.6. The normalized spacial score (nSPS) is 11.1. The molecular weight excluding hydrogens is 359 g/mol. The number of carbonyl (C=O) groups excluding carboxylic acids is 2. The van der Waals surface area contributed by atoms with Gasteiger partial charge in [-0.15, -0.1) is 0 Å². The van der Waals surface area contributed by atoms with E-state index in [9.17, 15) is 22.8 Å². The number of hydrogen-bond donors (Lipinski definition) is 0. The molecule has 4 nitrogen and oxygen atoms in total. The van der Waals surface area contributed by atoms with Crippen LogP contribution in [-0.4, -0.2) is 25.0 Å². The van der Waals surface area contributed by atoms with E-state index in [1.54, 1.807) is 38.1 Å². The number of para-hydroxylation sites is 1. The molecule has 0 atom stereocenters. The number of halogens is 3. The summed E-state index contributed by atoms with van der Waals surface area (Å²) in [6.07, 6.45) is -4.75. The second-order valence-electron chi connectivity index (χ2n) is 5.95. The van der Waals surface area contributed by atoms with Crippen molar-refractivity contribution in [2.75, 3.05) is 18.1 Å². The highest BCUT2D eigenvalue weighted by Gasteiger charge is 2.30. The first-order valence-electron chi connectivity index (χ1n) is 8.40. The topological polar surface area (TPSA) is 46.6 Å². The Bertz CT molecular complexity index is 818. The lowest BCUT2D eigenvalue weighted by atomic mass is 10.1. The summed E-state index contributed by atoms with van der Waals surface area (Å²) in [6.45, 7) is 3.30. The molecule has 0 aromatic heterocycles. The Morgan fingerprint density at radius 2 is 1.78 bits per heavy atom. The lowest BCUT2D eigenvalue weighted by Crippen LogP contribution is -2.38. The van der Waals surface area contributed by atoms with Gasteiger partial charge in [-0.25, -0.2) is 0 Å². The number of anilines is 1. The minimum absolute atomic E-state index is 0.169. The van der Waals surface area contributed by atoms with Crippen molar-refractivity contribution in [2.24, 2.45) is 0 Å². The van der Waals surface area contributed by atoms with Crippen molar-refractivity contribution in [3.05, 3.63) is 65.2 Å². The van der Waals surface area contributed by atoms with Crippen molar-refractivity contribution >= 4 is 17.6 Å². The lowest BCUT2D eigenvalue weighted by molar-refractivity contribution is -0.142. The van der Waals surface area contributed by atoms with Gasteiger partial charge in [0.05, 0.1) is 18.6 Å². The molecule has 2 aromatic carbocycles. The number of rotatable bonds is 6. The summed E-state index contributed by atoms with van der Waals surface area (Å²) in [7, 11) is 0. The number of benzene rings is 2. The molecule has 144 valence electrons. The number of carbonyl (C=O) groups is 2. The predicted molar refractivity (Wildman–Crippen MR) is 95.3 cm³/mol. The first-order chi connectivity index (χ1) is 12.7. The molecule has 0 saturated heterocycles. The SMILES string of the molecule is CCOC(=O)CN(C(=O)Cc1cccc(C(F)(F)F)c1)c1ccccc1C. The quantitative estimate of drug-likeness (QED) is 0.709. The molecule has 0 heterocycles. The van der Waals surface area contributed by atoms with Gasteiger partial charge in [-0.3, -0.25) is 9.59 Å². The van der Waals surface area contributed by atoms with Crippen molar-refractivity contribution in [3.63, 3.8) is 0 Å². The molecule has 0 unspecified atom stereocenters. The van der Waals surface area contributed by atoms with Gasteiger partial charge in [0.25, 0.3) is 0 Å². The Kier molecular flexibility index (Phi) is 6.60. The molecular formula is C20H20F3NO3. The molecule has 2 rings (SSSR count). The van der Waals surface area contributed by atoms with Crippen LogP contribution in [0.2, 0.25) is 0 Å². The summed E-state index contributed by atoms with van der Waals surface area (Å²) < 4.78 is 43.6. The van der Waals surface area contributed by atoms with Crippen molar-refractivity contribution in [3.8, 4) is 0 Å². The van der Waals surface area contributed by atoms with Crippen LogP contribution in [0, 0.1) is 6.92 Å². The predicted octanol–water partition coefficient (Wildman–Crippen LogP) is 4.15. The van der Waals surface area contributed by atoms with E-state index in [1.807, 2.05) is 0 Å². The smallest absolute Gasteiger partial charge is 0.416 e. The van der Waals surface area contributed by atoms with Gasteiger partial charge in [-0.2, -0.15) is 13.2 Å². The molecule has 0 fully saturated rings. The number of amides is 1. The van der Waals surface area contributed by atoms with E-state index in [0.29, 0.717) is 5.69 Å². The Morgan fingerprint density at radius 3 is 2.41 bits per heavy atom. The second kappa shape index (κ2) is 8.70. The molecule has 0 aliphatic carbocycles. The maximum absolute atomic E-state index is 12.9. The molecule has 27 heavy (non-hydrogen) atoms. The third kappa shape index (κ3) is 5.57. The summed E-state index contributed by atoms with van der Waals surface area (Å²) in [5, 5.41) is 0. The van der Waals surface area contributed by atoms with Crippen LogP contribution in [0.4, 0.5) is 18.9 Å². The highest BCUT2D eigenvalue weighted by molar-refractivity contribution is 5.99. The molecule has 0 bridgehead atoms. The van der Waals surface area contributed by atoms with Gasteiger partial charge in [-0.1, -0.05) is 36.4 Å². The molecule has 0 aliphatic heterocycles. The minimum Gasteiger partial charge on any atom is -0.465 e. The standard InChI is InChI=1S/C20H20F3NO3/c1-3-27-19(26)13-24(17-10-5-4-7-14(17)2)18(25)12-15-8-6-9-16(11-15)20(21,22)23/h4-11H,3,12-13H2,1-2H3. The van der Waals surface area contributed by atoms with Crippen molar-refractivity contribution < 1.29 is 27.5 Å². The molecule has 1 amide bonds. The molecule has 0 aliphatic rings. The average molecular weight is 379 g/mol. The van der Waals surface area contributed by atoms with Gasteiger partial charge < -0.3 is 9.64 Å². The first-order valence-corrected chi connectivity index (χ1v) is 8.40. The van der Waals surface area contributed by atoms with Crippen LogP contribution >= 0.6 is 0 Å². The van der Waals surface area contributed by atoms with Crippen LogP contribution in [-0.2, 0) is 26.9 Å². The van der Waals surface area contributed by atoms with E-state index in [1.165, 1.54) is 17.0 Å². The van der Waals surface area contributed by atoms with E-state index < -0.39 is 23.6 Å². The molecule has 0 radical (unpaired) electrons. The molecule has 0 saturated carbocycles. The van der Waals surface area contributed by atoms with E-state index in [0.717, 1.165) is 17.7 Å². The van der Waals surface area contributed by atoms with Gasteiger partial charge in [-0.05, 0) is 37.1 Å². The number of aryl methyl sites for hydroxylation is 1. The second-order valence-corrected chi connectivity index (χ2v) is 5.95. The number of hydrogen-bond acceptors (Lipinski definition) is 3. The van der Waals surface area contributed by atoms with E-state index in [4.69, 9.17) is 4.74 Å². The molecule has 2 aromatic rings. The Balaban J connectivity index is 2.29. The fourth-order valence-electron chi connectivity index (χ4n) is 2.64. The van der Waals surface area contributed by atoms with Crippen molar-refractivity contribution in [1.82, 2.24) is 0 Å². The maximum Gasteiger partial charge on any atom is 0.416 e. The summed E-state index contributed by atoms with van der Waals surface area (Å²) in [4.78, 5) is 26.0. The third-order valence-electron chi connectivity index (χ3n) is 3.91. The summed E-state index contributed by atoms with van der Waals surface area (Å²) >= 11 is 0. The Labute approximate surface area is 155 Å². The van der Waals surface area contributed by atoms with Crippen LogP contribution in [0.3, 0.4) is 0 Å². The fraction of sp³-hybridized carbons (Fsp3) is 0.300. The van der Waals surface area contributed by atoms with Crippen LogP contribution in [0.5, 0.6) is 0 Å². The first kappa shape index (κ1) is 20.5. The lowest BCUT2D eigenvalue weighted by Gasteiger charge is -2.24. The molecule has 7 heteroatoms. The number of nitrogens with zero attached hydrogens (tertiary/aromatic N) is 1. The maximum atomic E-state index is 12.9. The van der Waals surface area contributed by atoms with E-state index >= 15 is 0 Å². The highest BCUT2D eigenvalue weighted by Crippen LogP contribution is 2.30. The van der Waals surface area contributed by atoms with Crippen molar-refractivity contribution in [1.29, 1.82) is 0 Å².